The van der Waals surface area contributed by atoms with Gasteiger partial charge in [0.1, 0.15) is 5.75 Å². The zero-order valence-electron chi connectivity index (χ0n) is 11.6. The predicted molar refractivity (Wildman–Crippen MR) is 82.2 cm³/mol. The summed E-state index contributed by atoms with van der Waals surface area (Å²) < 4.78 is 6.67. The summed E-state index contributed by atoms with van der Waals surface area (Å²) in [5, 5.41) is 4.27. The lowest BCUT2D eigenvalue weighted by atomic mass is 10.2. The van der Waals surface area contributed by atoms with Crippen molar-refractivity contribution in [3.63, 3.8) is 0 Å². The first-order valence-electron chi connectivity index (χ1n) is 5.86. The molecule has 0 aliphatic rings. The van der Waals surface area contributed by atoms with E-state index in [2.05, 4.69) is 10.1 Å². The van der Waals surface area contributed by atoms with Crippen LogP contribution in [0, 0.1) is 6.92 Å². The first-order valence-corrected chi connectivity index (χ1v) is 5.86. The van der Waals surface area contributed by atoms with E-state index in [-0.39, 0.29) is 18.4 Å². The Labute approximate surface area is 128 Å². The molecule has 0 spiro atoms. The number of amides is 1. The molecule has 4 N–H and O–H groups in total. The minimum absolute atomic E-state index is 0. The molecule has 8 heteroatoms. The average molecular weight is 310 g/mol. The molecule has 0 aliphatic heterocycles. The number of hydrogen-bond donors (Lipinski definition) is 2. The second-order valence-electron chi connectivity index (χ2n) is 4.11. The van der Waals surface area contributed by atoms with Crippen molar-refractivity contribution < 1.29 is 9.53 Å². The van der Waals surface area contributed by atoms with Gasteiger partial charge < -0.3 is 16.2 Å². The lowest BCUT2D eigenvalue weighted by Crippen LogP contribution is -2.24. The van der Waals surface area contributed by atoms with E-state index in [0.29, 0.717) is 11.3 Å². The van der Waals surface area contributed by atoms with Crippen LogP contribution >= 0.6 is 12.4 Å². The molecule has 1 amide bonds. The second kappa shape index (κ2) is 6.76. The summed E-state index contributed by atoms with van der Waals surface area (Å²) >= 11 is 0. The molecule has 0 bridgehead atoms. The van der Waals surface area contributed by atoms with Gasteiger partial charge in [0.05, 0.1) is 24.1 Å². The van der Waals surface area contributed by atoms with Gasteiger partial charge in [-0.05, 0) is 31.2 Å². The SMILES string of the molecule is COc1ccc(-n2cc(C(=O)N=C(N)N)c(C)n2)cc1.Cl. The number of halogens is 1. The van der Waals surface area contributed by atoms with E-state index in [1.54, 1.807) is 24.9 Å². The van der Waals surface area contributed by atoms with E-state index in [4.69, 9.17) is 16.2 Å². The topological polar surface area (TPSA) is 109 Å². The second-order valence-corrected chi connectivity index (χ2v) is 4.11. The lowest BCUT2D eigenvalue weighted by molar-refractivity contribution is 0.100. The summed E-state index contributed by atoms with van der Waals surface area (Å²) in [5.74, 6) is -0.0386. The fraction of sp³-hybridized carbons (Fsp3) is 0.154. The van der Waals surface area contributed by atoms with Crippen LogP contribution in [0.25, 0.3) is 5.69 Å². The van der Waals surface area contributed by atoms with Gasteiger partial charge in [0.25, 0.3) is 5.91 Å². The van der Waals surface area contributed by atoms with Gasteiger partial charge >= 0.3 is 0 Å². The Kier molecular flexibility index (Phi) is 5.31. The molecule has 1 heterocycles. The molecule has 0 unspecified atom stereocenters. The maximum atomic E-state index is 11.8. The molecule has 0 aliphatic carbocycles. The number of nitrogens with two attached hydrogens (primary N) is 2. The molecule has 112 valence electrons. The number of carbonyl (C=O) groups excluding carboxylic acids is 1. The predicted octanol–water partition coefficient (Wildman–Crippen LogP) is 1.02. The minimum Gasteiger partial charge on any atom is -0.497 e. The van der Waals surface area contributed by atoms with E-state index in [0.717, 1.165) is 11.4 Å². The van der Waals surface area contributed by atoms with E-state index in [9.17, 15) is 4.79 Å². The molecule has 1 aromatic heterocycles. The zero-order chi connectivity index (χ0) is 14.7. The molecule has 2 aromatic rings. The quantitative estimate of drug-likeness (QED) is 0.650. The molecule has 0 saturated heterocycles. The van der Waals surface area contributed by atoms with Gasteiger partial charge in [-0.2, -0.15) is 10.1 Å². The van der Waals surface area contributed by atoms with E-state index in [1.165, 1.54) is 0 Å². The third-order valence-electron chi connectivity index (χ3n) is 2.70. The summed E-state index contributed by atoms with van der Waals surface area (Å²) in [6.07, 6.45) is 1.59. The van der Waals surface area contributed by atoms with E-state index >= 15 is 0 Å². The summed E-state index contributed by atoms with van der Waals surface area (Å²) in [4.78, 5) is 15.3. The van der Waals surface area contributed by atoms with Crippen LogP contribution in [0.3, 0.4) is 0 Å². The summed E-state index contributed by atoms with van der Waals surface area (Å²) in [6, 6.07) is 7.29. The number of aryl methyl sites for hydroxylation is 1. The van der Waals surface area contributed by atoms with Crippen LogP contribution in [0.1, 0.15) is 16.1 Å². The molecule has 0 fully saturated rings. The Hall–Kier alpha value is -2.54. The number of methoxy groups -OCH3 is 1. The largest absolute Gasteiger partial charge is 0.497 e. The minimum atomic E-state index is -0.512. The number of ether oxygens (including phenoxy) is 1. The number of carbonyl (C=O) groups is 1. The molecule has 7 nitrogen and oxygen atoms in total. The lowest BCUT2D eigenvalue weighted by Gasteiger charge is -2.02. The standard InChI is InChI=1S/C13H15N5O2.ClH/c1-8-11(12(19)16-13(14)15)7-18(17-8)9-3-5-10(20-2)6-4-9;/h3-7H,1-2H3,(H4,14,15,16,19);1H. The molecule has 0 atom stereocenters. The first-order chi connectivity index (χ1) is 9.51. The highest BCUT2D eigenvalue weighted by Gasteiger charge is 2.13. The van der Waals surface area contributed by atoms with Gasteiger partial charge in [-0.3, -0.25) is 4.79 Å². The van der Waals surface area contributed by atoms with Crippen LogP contribution in [0.5, 0.6) is 5.75 Å². The molecule has 0 radical (unpaired) electrons. The third kappa shape index (κ3) is 3.73. The molecule has 1 aromatic carbocycles. The van der Waals surface area contributed by atoms with Crippen LogP contribution in [-0.4, -0.2) is 28.8 Å². The van der Waals surface area contributed by atoms with Gasteiger partial charge in [0, 0.05) is 6.20 Å². The number of nitrogens with zero attached hydrogens (tertiary/aromatic N) is 3. The average Bonchev–Trinajstić information content (AvgIpc) is 2.80. The van der Waals surface area contributed by atoms with E-state index in [1.807, 2.05) is 24.3 Å². The molecule has 0 saturated carbocycles. The highest BCUT2D eigenvalue weighted by Crippen LogP contribution is 2.16. The Morgan fingerprint density at radius 2 is 1.90 bits per heavy atom. The van der Waals surface area contributed by atoms with Crippen molar-refractivity contribution in [2.45, 2.75) is 6.92 Å². The highest BCUT2D eigenvalue weighted by molar-refractivity contribution is 6.02. The van der Waals surface area contributed by atoms with E-state index < -0.39 is 5.91 Å². The number of rotatable bonds is 3. The maximum absolute atomic E-state index is 11.8. The third-order valence-corrected chi connectivity index (χ3v) is 2.70. The van der Waals surface area contributed by atoms with Gasteiger partial charge in [0.2, 0.25) is 0 Å². The van der Waals surface area contributed by atoms with Crippen molar-refractivity contribution in [3.8, 4) is 11.4 Å². The van der Waals surface area contributed by atoms with Crippen molar-refractivity contribution in [2.75, 3.05) is 7.11 Å². The van der Waals surface area contributed by atoms with Crippen LogP contribution in [0.4, 0.5) is 0 Å². The summed E-state index contributed by atoms with van der Waals surface area (Å²) in [6.45, 7) is 1.72. The van der Waals surface area contributed by atoms with Gasteiger partial charge in [-0.1, -0.05) is 0 Å². The fourth-order valence-electron chi connectivity index (χ4n) is 1.71. The first kappa shape index (κ1) is 16.5. The van der Waals surface area contributed by atoms with Gasteiger partial charge in [0.15, 0.2) is 5.96 Å². The maximum Gasteiger partial charge on any atom is 0.283 e. The Balaban J connectivity index is 0.00000220. The Morgan fingerprint density at radius 1 is 1.29 bits per heavy atom. The number of hydrogen-bond acceptors (Lipinski definition) is 3. The zero-order valence-corrected chi connectivity index (χ0v) is 12.4. The van der Waals surface area contributed by atoms with Gasteiger partial charge in [-0.15, -0.1) is 12.4 Å². The fourth-order valence-corrected chi connectivity index (χ4v) is 1.71. The monoisotopic (exact) mass is 309 g/mol. The summed E-state index contributed by atoms with van der Waals surface area (Å²) in [5.41, 5.74) is 12.1. The van der Waals surface area contributed by atoms with Crippen LogP contribution < -0.4 is 16.2 Å². The molecular weight excluding hydrogens is 294 g/mol. The van der Waals surface area contributed by atoms with Gasteiger partial charge in [-0.25, -0.2) is 4.68 Å². The molecule has 2 rings (SSSR count). The number of guanidine groups is 1. The normalized spacial score (nSPS) is 9.62. The van der Waals surface area contributed by atoms with Crippen LogP contribution in [0.2, 0.25) is 0 Å². The van der Waals surface area contributed by atoms with Crippen molar-refractivity contribution in [1.29, 1.82) is 0 Å². The number of benzene rings is 1. The molecular formula is C13H16ClN5O2. The highest BCUT2D eigenvalue weighted by atomic mass is 35.5. The number of aromatic nitrogens is 2. The summed E-state index contributed by atoms with van der Waals surface area (Å²) in [7, 11) is 1.60. The van der Waals surface area contributed by atoms with Crippen molar-refractivity contribution in [1.82, 2.24) is 9.78 Å². The van der Waals surface area contributed by atoms with Crippen molar-refractivity contribution in [2.24, 2.45) is 16.5 Å². The van der Waals surface area contributed by atoms with Crippen molar-refractivity contribution >= 4 is 24.3 Å². The Morgan fingerprint density at radius 3 is 2.43 bits per heavy atom. The smallest absolute Gasteiger partial charge is 0.283 e. The van der Waals surface area contributed by atoms with Crippen LogP contribution in [0.15, 0.2) is 35.5 Å². The van der Waals surface area contributed by atoms with Crippen molar-refractivity contribution in [3.05, 3.63) is 41.7 Å². The Bertz CT molecular complexity index is 660. The van der Waals surface area contributed by atoms with Crippen LogP contribution in [-0.2, 0) is 0 Å². The number of aliphatic imine (C=N–C) groups is 1. The molecule has 21 heavy (non-hydrogen) atoms.